The molecule has 0 heterocycles. The SMILES string of the molecule is COCc1ccccc1C(=O)OCc1cccc(OC)c1. The zero-order chi connectivity index (χ0) is 15.1. The molecule has 110 valence electrons. The van der Waals surface area contributed by atoms with Gasteiger partial charge in [-0.3, -0.25) is 0 Å². The summed E-state index contributed by atoms with van der Waals surface area (Å²) in [6.07, 6.45) is 0. The Balaban J connectivity index is 2.04. The van der Waals surface area contributed by atoms with Gasteiger partial charge in [-0.25, -0.2) is 4.79 Å². The van der Waals surface area contributed by atoms with Crippen LogP contribution in [0.3, 0.4) is 0 Å². The zero-order valence-corrected chi connectivity index (χ0v) is 12.2. The van der Waals surface area contributed by atoms with Crippen LogP contribution in [0.1, 0.15) is 21.5 Å². The van der Waals surface area contributed by atoms with Crippen molar-refractivity contribution in [3.05, 3.63) is 65.2 Å². The molecule has 0 saturated carbocycles. The number of carbonyl (C=O) groups excluding carboxylic acids is 1. The Morgan fingerprint density at radius 2 is 1.81 bits per heavy atom. The molecule has 2 aromatic carbocycles. The van der Waals surface area contributed by atoms with Crippen molar-refractivity contribution in [1.82, 2.24) is 0 Å². The quantitative estimate of drug-likeness (QED) is 0.765. The lowest BCUT2D eigenvalue weighted by atomic mass is 10.1. The predicted molar refractivity (Wildman–Crippen MR) is 79.3 cm³/mol. The van der Waals surface area contributed by atoms with Crippen molar-refractivity contribution < 1.29 is 19.0 Å². The highest BCUT2D eigenvalue weighted by atomic mass is 16.5. The smallest absolute Gasteiger partial charge is 0.338 e. The van der Waals surface area contributed by atoms with Gasteiger partial charge in [-0.2, -0.15) is 0 Å². The Hall–Kier alpha value is -2.33. The Morgan fingerprint density at radius 1 is 1.00 bits per heavy atom. The molecular weight excluding hydrogens is 268 g/mol. The standard InChI is InChI=1S/C17H18O4/c1-19-12-14-7-3-4-9-16(14)17(18)21-11-13-6-5-8-15(10-13)20-2/h3-10H,11-12H2,1-2H3. The highest BCUT2D eigenvalue weighted by Crippen LogP contribution is 2.15. The highest BCUT2D eigenvalue weighted by Gasteiger charge is 2.12. The molecule has 4 nitrogen and oxygen atoms in total. The number of esters is 1. The molecule has 0 fully saturated rings. The van der Waals surface area contributed by atoms with E-state index in [-0.39, 0.29) is 12.6 Å². The van der Waals surface area contributed by atoms with Gasteiger partial charge in [0.25, 0.3) is 0 Å². The van der Waals surface area contributed by atoms with E-state index in [1.165, 1.54) is 0 Å². The fraction of sp³-hybridized carbons (Fsp3) is 0.235. The minimum atomic E-state index is -0.356. The van der Waals surface area contributed by atoms with Crippen molar-refractivity contribution in [3.8, 4) is 5.75 Å². The number of ether oxygens (including phenoxy) is 3. The summed E-state index contributed by atoms with van der Waals surface area (Å²) in [5, 5.41) is 0. The van der Waals surface area contributed by atoms with E-state index in [1.807, 2.05) is 36.4 Å². The van der Waals surface area contributed by atoms with Crippen molar-refractivity contribution in [1.29, 1.82) is 0 Å². The molecule has 4 heteroatoms. The van der Waals surface area contributed by atoms with Crippen molar-refractivity contribution in [3.63, 3.8) is 0 Å². The monoisotopic (exact) mass is 286 g/mol. The molecule has 0 aliphatic heterocycles. The summed E-state index contributed by atoms with van der Waals surface area (Å²) >= 11 is 0. The number of hydrogen-bond donors (Lipinski definition) is 0. The second kappa shape index (κ2) is 7.45. The molecule has 0 aliphatic carbocycles. The Kier molecular flexibility index (Phi) is 5.35. The van der Waals surface area contributed by atoms with Gasteiger partial charge in [0.2, 0.25) is 0 Å². The van der Waals surface area contributed by atoms with Gasteiger partial charge < -0.3 is 14.2 Å². The average Bonchev–Trinajstić information content (AvgIpc) is 2.53. The number of carbonyl (C=O) groups is 1. The normalized spacial score (nSPS) is 10.2. The second-order valence-corrected chi connectivity index (χ2v) is 4.52. The second-order valence-electron chi connectivity index (χ2n) is 4.52. The fourth-order valence-electron chi connectivity index (χ4n) is 1.99. The molecule has 0 unspecified atom stereocenters. The minimum Gasteiger partial charge on any atom is -0.497 e. The van der Waals surface area contributed by atoms with Crippen LogP contribution >= 0.6 is 0 Å². The topological polar surface area (TPSA) is 44.8 Å². The van der Waals surface area contributed by atoms with Gasteiger partial charge in [0.1, 0.15) is 12.4 Å². The molecule has 0 aliphatic rings. The van der Waals surface area contributed by atoms with Crippen LogP contribution in [0.4, 0.5) is 0 Å². The Morgan fingerprint density at radius 3 is 2.57 bits per heavy atom. The number of rotatable bonds is 6. The van der Waals surface area contributed by atoms with Gasteiger partial charge in [-0.05, 0) is 29.3 Å². The van der Waals surface area contributed by atoms with E-state index in [2.05, 4.69) is 0 Å². The van der Waals surface area contributed by atoms with Crippen LogP contribution in [-0.4, -0.2) is 20.2 Å². The molecular formula is C17H18O4. The van der Waals surface area contributed by atoms with Crippen molar-refractivity contribution in [2.24, 2.45) is 0 Å². The summed E-state index contributed by atoms with van der Waals surface area (Å²) in [5.74, 6) is 0.383. The maximum atomic E-state index is 12.2. The van der Waals surface area contributed by atoms with Crippen LogP contribution in [0.5, 0.6) is 5.75 Å². The molecule has 2 aromatic rings. The van der Waals surface area contributed by atoms with Crippen molar-refractivity contribution >= 4 is 5.97 Å². The molecule has 0 saturated heterocycles. The summed E-state index contributed by atoms with van der Waals surface area (Å²) in [6.45, 7) is 0.585. The maximum absolute atomic E-state index is 12.2. The van der Waals surface area contributed by atoms with Crippen LogP contribution in [0, 0.1) is 0 Å². The first-order valence-electron chi connectivity index (χ1n) is 6.61. The van der Waals surface area contributed by atoms with Gasteiger partial charge >= 0.3 is 5.97 Å². The van der Waals surface area contributed by atoms with Crippen molar-refractivity contribution in [2.75, 3.05) is 14.2 Å². The van der Waals surface area contributed by atoms with Gasteiger partial charge in [0.15, 0.2) is 0 Å². The van der Waals surface area contributed by atoms with E-state index in [0.717, 1.165) is 16.9 Å². The molecule has 2 rings (SSSR count). The lowest BCUT2D eigenvalue weighted by molar-refractivity contribution is 0.0467. The average molecular weight is 286 g/mol. The summed E-state index contributed by atoms with van der Waals surface area (Å²) in [7, 11) is 3.20. The first-order valence-corrected chi connectivity index (χ1v) is 6.61. The van der Waals surface area contributed by atoms with E-state index in [4.69, 9.17) is 14.2 Å². The number of benzene rings is 2. The van der Waals surface area contributed by atoms with Gasteiger partial charge in [0, 0.05) is 7.11 Å². The molecule has 0 spiro atoms. The Labute approximate surface area is 124 Å². The first-order chi connectivity index (χ1) is 10.2. The van der Waals surface area contributed by atoms with Gasteiger partial charge in [0.05, 0.1) is 19.3 Å². The van der Waals surface area contributed by atoms with E-state index >= 15 is 0 Å². The van der Waals surface area contributed by atoms with Gasteiger partial charge in [-0.1, -0.05) is 30.3 Å². The lowest BCUT2D eigenvalue weighted by Gasteiger charge is -2.09. The molecule has 0 N–H and O–H groups in total. The van der Waals surface area contributed by atoms with Crippen LogP contribution in [0.2, 0.25) is 0 Å². The lowest BCUT2D eigenvalue weighted by Crippen LogP contribution is -2.09. The van der Waals surface area contributed by atoms with Crippen LogP contribution in [-0.2, 0) is 22.7 Å². The van der Waals surface area contributed by atoms with Crippen LogP contribution in [0.15, 0.2) is 48.5 Å². The maximum Gasteiger partial charge on any atom is 0.338 e. The fourth-order valence-corrected chi connectivity index (χ4v) is 1.99. The van der Waals surface area contributed by atoms with E-state index in [1.54, 1.807) is 26.4 Å². The minimum absolute atomic E-state index is 0.206. The summed E-state index contributed by atoms with van der Waals surface area (Å²) in [5.41, 5.74) is 2.23. The molecule has 0 bridgehead atoms. The molecule has 0 atom stereocenters. The van der Waals surface area contributed by atoms with E-state index in [9.17, 15) is 4.79 Å². The number of hydrogen-bond acceptors (Lipinski definition) is 4. The number of methoxy groups -OCH3 is 2. The van der Waals surface area contributed by atoms with Gasteiger partial charge in [-0.15, -0.1) is 0 Å². The highest BCUT2D eigenvalue weighted by molar-refractivity contribution is 5.91. The zero-order valence-electron chi connectivity index (χ0n) is 12.2. The third-order valence-corrected chi connectivity index (χ3v) is 3.04. The summed E-state index contributed by atoms with van der Waals surface area (Å²) < 4.78 is 15.6. The summed E-state index contributed by atoms with van der Waals surface area (Å²) in [4.78, 5) is 12.2. The van der Waals surface area contributed by atoms with Crippen molar-refractivity contribution in [2.45, 2.75) is 13.2 Å². The Bertz CT molecular complexity index is 607. The largest absolute Gasteiger partial charge is 0.497 e. The molecule has 0 radical (unpaired) electrons. The summed E-state index contributed by atoms with van der Waals surface area (Å²) in [6, 6.07) is 14.7. The first kappa shape index (κ1) is 15.1. The van der Waals surface area contributed by atoms with Crippen LogP contribution < -0.4 is 4.74 Å². The van der Waals surface area contributed by atoms with Crippen LogP contribution in [0.25, 0.3) is 0 Å². The molecule has 0 amide bonds. The third kappa shape index (κ3) is 4.07. The molecule has 0 aromatic heterocycles. The predicted octanol–water partition coefficient (Wildman–Crippen LogP) is 3.20. The third-order valence-electron chi connectivity index (χ3n) is 3.04. The van der Waals surface area contributed by atoms with E-state index in [0.29, 0.717) is 12.2 Å². The van der Waals surface area contributed by atoms with E-state index < -0.39 is 0 Å². The molecule has 21 heavy (non-hydrogen) atoms.